The number of rotatable bonds is 7. The molecule has 0 aromatic heterocycles. The average Bonchev–Trinajstić information content (AvgIpc) is 3.03. The second-order valence-corrected chi connectivity index (χ2v) is 11.1. The minimum atomic E-state index is -0.640. The maximum atomic E-state index is 12.6. The van der Waals surface area contributed by atoms with Crippen LogP contribution in [0.4, 0.5) is 10.5 Å². The number of hydroxylamine groups is 2. The van der Waals surface area contributed by atoms with Gasteiger partial charge < -0.3 is 15.1 Å². The van der Waals surface area contributed by atoms with Crippen molar-refractivity contribution in [1.29, 1.82) is 0 Å². The van der Waals surface area contributed by atoms with Gasteiger partial charge in [0.2, 0.25) is 0 Å². The second kappa shape index (κ2) is 13.3. The van der Waals surface area contributed by atoms with Crippen molar-refractivity contribution >= 4 is 51.6 Å². The monoisotopic (exact) mass is 522 g/mol. The number of nitrogens with one attached hydrogen (secondary N) is 1. The van der Waals surface area contributed by atoms with Crippen molar-refractivity contribution in [1.82, 2.24) is 14.9 Å². The van der Waals surface area contributed by atoms with E-state index in [0.717, 1.165) is 10.6 Å². The summed E-state index contributed by atoms with van der Waals surface area (Å²) in [4.78, 5) is 16.9. The van der Waals surface area contributed by atoms with E-state index < -0.39 is 16.9 Å². The summed E-state index contributed by atoms with van der Waals surface area (Å²) in [6.07, 6.45) is -0.616. The Labute approximate surface area is 218 Å². The minimum Gasteiger partial charge on any atom is -0.329 e. The number of hydrogen-bond donors (Lipinski definition) is 2. The van der Waals surface area contributed by atoms with E-state index in [4.69, 9.17) is 23.8 Å². The number of thiocarbonyl (C=S) groups is 1. The van der Waals surface area contributed by atoms with Gasteiger partial charge in [-0.05, 0) is 57.2 Å². The molecule has 1 aliphatic heterocycles. The molecule has 1 atom stereocenters. The Hall–Kier alpha value is -1.84. The van der Waals surface area contributed by atoms with E-state index in [1.807, 2.05) is 49.1 Å². The van der Waals surface area contributed by atoms with E-state index >= 15 is 0 Å². The standard InChI is InChI=1S/C19H20ClN3O2S2.C6H15N/c1-19(2)16(22(18(26)27-19)12-13-7-4-3-5-8-13)23(25)17(24)21-15-10-6-9-14(20)11-15;1-4-7(5-2)6-3/h3-11,16,25H,12H2,1-2H3,(H,21,24);4-6H2,1-3H3. The van der Waals surface area contributed by atoms with Crippen LogP contribution in [0.15, 0.2) is 54.6 Å². The van der Waals surface area contributed by atoms with E-state index in [1.54, 1.807) is 24.3 Å². The molecule has 6 nitrogen and oxygen atoms in total. The van der Waals surface area contributed by atoms with Gasteiger partial charge in [-0.25, -0.2) is 4.79 Å². The summed E-state index contributed by atoms with van der Waals surface area (Å²) in [5.41, 5.74) is 1.55. The molecule has 1 aliphatic rings. The first-order valence-electron chi connectivity index (χ1n) is 11.4. The molecule has 186 valence electrons. The third-order valence-corrected chi connectivity index (χ3v) is 7.42. The van der Waals surface area contributed by atoms with Crippen LogP contribution in [0.3, 0.4) is 0 Å². The van der Waals surface area contributed by atoms with Crippen molar-refractivity contribution < 1.29 is 10.0 Å². The number of carbonyl (C=O) groups excluding carboxylic acids is 1. The van der Waals surface area contributed by atoms with E-state index in [0.29, 0.717) is 21.6 Å². The number of anilines is 1. The summed E-state index contributed by atoms with van der Waals surface area (Å²) in [5.74, 6) is 0. The highest BCUT2D eigenvalue weighted by molar-refractivity contribution is 8.24. The van der Waals surface area contributed by atoms with Gasteiger partial charge in [0.05, 0.1) is 4.75 Å². The lowest BCUT2D eigenvalue weighted by atomic mass is 10.1. The first-order chi connectivity index (χ1) is 16.1. The first-order valence-corrected chi connectivity index (χ1v) is 13.0. The van der Waals surface area contributed by atoms with E-state index in [-0.39, 0.29) is 0 Å². The quantitative estimate of drug-likeness (QED) is 0.244. The fourth-order valence-electron chi connectivity index (χ4n) is 3.70. The molecular weight excluding hydrogens is 488 g/mol. The summed E-state index contributed by atoms with van der Waals surface area (Å²) >= 11 is 12.9. The van der Waals surface area contributed by atoms with E-state index in [1.165, 1.54) is 31.4 Å². The average molecular weight is 523 g/mol. The maximum absolute atomic E-state index is 12.6. The third kappa shape index (κ3) is 7.85. The molecule has 0 aliphatic carbocycles. The van der Waals surface area contributed by atoms with Gasteiger partial charge in [-0.2, -0.15) is 5.06 Å². The highest BCUT2D eigenvalue weighted by Crippen LogP contribution is 2.43. The lowest BCUT2D eigenvalue weighted by Gasteiger charge is -2.36. The zero-order valence-corrected chi connectivity index (χ0v) is 22.9. The zero-order valence-electron chi connectivity index (χ0n) is 20.5. The summed E-state index contributed by atoms with van der Waals surface area (Å²) in [5, 5.41) is 14.6. The van der Waals surface area contributed by atoms with Crippen LogP contribution in [0, 0.1) is 0 Å². The first kappa shape index (κ1) is 28.4. The van der Waals surface area contributed by atoms with Crippen LogP contribution in [0.2, 0.25) is 5.02 Å². The number of urea groups is 1. The SMILES string of the molecule is CC1(C)SC(=S)N(Cc2ccccc2)C1N(O)C(=O)Nc1cccc(Cl)c1.CCN(CC)CC. The molecule has 1 unspecified atom stereocenters. The van der Waals surface area contributed by atoms with Gasteiger partial charge in [-0.15, -0.1) is 0 Å². The van der Waals surface area contributed by atoms with Gasteiger partial charge in [0, 0.05) is 17.3 Å². The summed E-state index contributed by atoms with van der Waals surface area (Å²) in [6, 6.07) is 15.9. The highest BCUT2D eigenvalue weighted by atomic mass is 35.5. The van der Waals surface area contributed by atoms with Crippen LogP contribution in [-0.2, 0) is 6.54 Å². The normalized spacial score (nSPS) is 16.8. The molecule has 0 radical (unpaired) electrons. The van der Waals surface area contributed by atoms with Gasteiger partial charge in [-0.1, -0.05) is 92.8 Å². The molecule has 2 aromatic rings. The fourth-order valence-corrected chi connectivity index (χ4v) is 5.76. The van der Waals surface area contributed by atoms with Gasteiger partial charge in [0.25, 0.3) is 0 Å². The molecule has 2 aromatic carbocycles. The van der Waals surface area contributed by atoms with Crippen LogP contribution >= 0.6 is 35.6 Å². The Morgan fingerprint density at radius 2 is 1.74 bits per heavy atom. The van der Waals surface area contributed by atoms with Crippen molar-refractivity contribution in [2.24, 2.45) is 0 Å². The van der Waals surface area contributed by atoms with Gasteiger partial charge in [0.15, 0.2) is 0 Å². The Morgan fingerprint density at radius 3 is 2.26 bits per heavy atom. The molecular formula is C25H35ClN4O2S2. The number of thioether (sulfide) groups is 1. The van der Waals surface area contributed by atoms with Gasteiger partial charge in [-0.3, -0.25) is 5.21 Å². The lowest BCUT2D eigenvalue weighted by Crippen LogP contribution is -2.55. The van der Waals surface area contributed by atoms with Crippen molar-refractivity contribution in [3.8, 4) is 0 Å². The van der Waals surface area contributed by atoms with Crippen LogP contribution in [0.1, 0.15) is 40.2 Å². The predicted molar refractivity (Wildman–Crippen MR) is 148 cm³/mol. The molecule has 9 heteroatoms. The second-order valence-electron chi connectivity index (χ2n) is 8.36. The molecule has 1 heterocycles. The Bertz CT molecular complexity index is 936. The fraction of sp³-hybridized carbons (Fsp3) is 0.440. The predicted octanol–water partition coefficient (Wildman–Crippen LogP) is 6.55. The lowest BCUT2D eigenvalue weighted by molar-refractivity contribution is -0.115. The van der Waals surface area contributed by atoms with E-state index in [9.17, 15) is 10.0 Å². The molecule has 0 bridgehead atoms. The zero-order chi connectivity index (χ0) is 25.3. The molecule has 1 saturated heterocycles. The van der Waals surface area contributed by atoms with Crippen molar-refractivity contribution in [3.05, 3.63) is 65.2 Å². The molecule has 34 heavy (non-hydrogen) atoms. The van der Waals surface area contributed by atoms with Gasteiger partial charge in [0.1, 0.15) is 10.5 Å². The number of nitrogens with zero attached hydrogens (tertiary/aromatic N) is 3. The van der Waals surface area contributed by atoms with Crippen LogP contribution in [0.5, 0.6) is 0 Å². The number of carbonyl (C=O) groups is 1. The molecule has 0 saturated carbocycles. The van der Waals surface area contributed by atoms with Crippen LogP contribution in [-0.4, -0.2) is 61.0 Å². The summed E-state index contributed by atoms with van der Waals surface area (Å²) < 4.78 is 0.162. The molecule has 2 N–H and O–H groups in total. The summed E-state index contributed by atoms with van der Waals surface area (Å²) in [7, 11) is 0. The van der Waals surface area contributed by atoms with Crippen LogP contribution < -0.4 is 5.32 Å². The smallest absolute Gasteiger partial charge is 0.329 e. The van der Waals surface area contributed by atoms with Crippen molar-refractivity contribution in [3.63, 3.8) is 0 Å². The Balaban J connectivity index is 0.000000509. The van der Waals surface area contributed by atoms with Gasteiger partial charge >= 0.3 is 6.03 Å². The maximum Gasteiger partial charge on any atom is 0.347 e. The topological polar surface area (TPSA) is 59.1 Å². The van der Waals surface area contributed by atoms with Crippen molar-refractivity contribution in [2.75, 3.05) is 25.0 Å². The largest absolute Gasteiger partial charge is 0.347 e. The van der Waals surface area contributed by atoms with Crippen LogP contribution in [0.25, 0.3) is 0 Å². The minimum absolute atomic E-state index is 0.480. The number of amides is 2. The Kier molecular flexibility index (Phi) is 11.1. The van der Waals surface area contributed by atoms with Crippen molar-refractivity contribution in [2.45, 2.75) is 52.1 Å². The number of hydrogen-bond acceptors (Lipinski definition) is 5. The highest BCUT2D eigenvalue weighted by Gasteiger charge is 2.49. The third-order valence-electron chi connectivity index (χ3n) is 5.55. The number of benzene rings is 2. The molecule has 1 fully saturated rings. The molecule has 0 spiro atoms. The molecule has 3 rings (SSSR count). The molecule has 2 amide bonds. The van der Waals surface area contributed by atoms with E-state index in [2.05, 4.69) is 31.0 Å². The number of halogens is 1. The Morgan fingerprint density at radius 1 is 1.12 bits per heavy atom. The summed E-state index contributed by atoms with van der Waals surface area (Å²) in [6.45, 7) is 14.5.